The molecule has 1 aromatic rings. The number of hydrogen-bond donors (Lipinski definition) is 2. The van der Waals surface area contributed by atoms with E-state index in [1.54, 1.807) is 26.2 Å². The van der Waals surface area contributed by atoms with Gasteiger partial charge in [-0.1, -0.05) is 6.07 Å². The second-order valence-corrected chi connectivity index (χ2v) is 5.02. The van der Waals surface area contributed by atoms with Gasteiger partial charge in [0, 0.05) is 25.9 Å². The molecule has 0 radical (unpaired) electrons. The van der Waals surface area contributed by atoms with E-state index >= 15 is 0 Å². The van der Waals surface area contributed by atoms with Crippen LogP contribution in [0.2, 0.25) is 0 Å². The van der Waals surface area contributed by atoms with Crippen molar-refractivity contribution in [2.75, 3.05) is 25.3 Å². The molecule has 0 unspecified atom stereocenters. The first kappa shape index (κ1) is 15.3. The molecule has 0 aromatic heterocycles. The van der Waals surface area contributed by atoms with Gasteiger partial charge in [0.15, 0.2) is 0 Å². The van der Waals surface area contributed by atoms with Crippen molar-refractivity contribution >= 4 is 29.0 Å². The van der Waals surface area contributed by atoms with Crippen LogP contribution in [0.1, 0.15) is 5.56 Å². The van der Waals surface area contributed by atoms with Crippen LogP contribution in [0.25, 0.3) is 0 Å². The average Bonchev–Trinajstić information content (AvgIpc) is 2.38. The number of amides is 1. The first-order chi connectivity index (χ1) is 8.95. The number of nitrogens with two attached hydrogens (primary N) is 1. The molecule has 0 atom stereocenters. The first-order valence-corrected chi connectivity index (χ1v) is 6.63. The summed E-state index contributed by atoms with van der Waals surface area (Å²) in [6, 6.07) is 4.76. The number of thioether (sulfide) groups is 1. The number of nitrogens with zero attached hydrogens (tertiary/aromatic N) is 2. The largest absolute Gasteiger partial charge is 0.348 e. The number of carbonyl (C=O) groups excluding carboxylic acids is 1. The minimum atomic E-state index is -0.492. The summed E-state index contributed by atoms with van der Waals surface area (Å²) in [7, 11) is 3.38. The van der Waals surface area contributed by atoms with Crippen molar-refractivity contribution in [3.8, 4) is 0 Å². The van der Waals surface area contributed by atoms with Gasteiger partial charge in [0.25, 0.3) is 5.69 Å². The van der Waals surface area contributed by atoms with Gasteiger partial charge in [0.05, 0.1) is 10.7 Å². The summed E-state index contributed by atoms with van der Waals surface area (Å²) in [6.07, 6.45) is 0. The molecular weight excluding hydrogens is 268 g/mol. The SMILES string of the molecule is CN(C)C(=O)CSCc1ccc(NN)c([N+](=O)[O-])c1. The molecule has 0 heterocycles. The molecule has 0 bridgehead atoms. The second-order valence-electron chi connectivity index (χ2n) is 4.03. The van der Waals surface area contributed by atoms with Gasteiger partial charge in [-0.05, 0) is 11.6 Å². The van der Waals surface area contributed by atoms with Crippen LogP contribution in [-0.4, -0.2) is 35.6 Å². The zero-order chi connectivity index (χ0) is 14.4. The van der Waals surface area contributed by atoms with Crippen molar-refractivity contribution in [3.05, 3.63) is 33.9 Å². The number of nitrogen functional groups attached to an aromatic ring is 1. The summed E-state index contributed by atoms with van der Waals surface area (Å²) in [6.45, 7) is 0. The number of nitro benzene ring substituents is 1. The van der Waals surface area contributed by atoms with Gasteiger partial charge in [-0.3, -0.25) is 20.8 Å². The van der Waals surface area contributed by atoms with Gasteiger partial charge in [0.2, 0.25) is 5.91 Å². The van der Waals surface area contributed by atoms with Crippen LogP contribution in [0.15, 0.2) is 18.2 Å². The lowest BCUT2D eigenvalue weighted by atomic mass is 10.2. The van der Waals surface area contributed by atoms with Crippen LogP contribution in [0.3, 0.4) is 0 Å². The molecule has 3 N–H and O–H groups in total. The molecule has 0 aliphatic carbocycles. The van der Waals surface area contributed by atoms with Crippen molar-refractivity contribution in [1.82, 2.24) is 4.90 Å². The number of carbonyl (C=O) groups is 1. The zero-order valence-electron chi connectivity index (χ0n) is 10.8. The molecule has 1 rings (SSSR count). The Morgan fingerprint density at radius 1 is 1.53 bits per heavy atom. The van der Waals surface area contributed by atoms with Gasteiger partial charge < -0.3 is 10.3 Å². The number of hydrazine groups is 1. The maximum Gasteiger partial charge on any atom is 0.293 e. The molecule has 8 heteroatoms. The van der Waals surface area contributed by atoms with E-state index in [0.29, 0.717) is 11.5 Å². The van der Waals surface area contributed by atoms with Gasteiger partial charge >= 0.3 is 0 Å². The highest BCUT2D eigenvalue weighted by Crippen LogP contribution is 2.26. The molecule has 104 valence electrons. The van der Waals surface area contributed by atoms with E-state index in [2.05, 4.69) is 5.43 Å². The van der Waals surface area contributed by atoms with E-state index in [-0.39, 0.29) is 17.3 Å². The van der Waals surface area contributed by atoms with Gasteiger partial charge in [-0.2, -0.15) is 0 Å². The molecule has 0 aliphatic rings. The standard InChI is InChI=1S/C11H16N4O3S/c1-14(2)11(16)7-19-6-8-3-4-9(13-12)10(5-8)15(17)18/h3-5,13H,6-7,12H2,1-2H3. The van der Waals surface area contributed by atoms with Crippen LogP contribution in [0.4, 0.5) is 11.4 Å². The van der Waals surface area contributed by atoms with E-state index in [4.69, 9.17) is 5.84 Å². The van der Waals surface area contributed by atoms with E-state index in [1.165, 1.54) is 22.7 Å². The molecule has 7 nitrogen and oxygen atoms in total. The Morgan fingerprint density at radius 2 is 2.21 bits per heavy atom. The van der Waals surface area contributed by atoms with E-state index in [9.17, 15) is 14.9 Å². The topological polar surface area (TPSA) is 102 Å². The van der Waals surface area contributed by atoms with Gasteiger partial charge in [-0.25, -0.2) is 0 Å². The summed E-state index contributed by atoms with van der Waals surface area (Å²) >= 11 is 1.41. The average molecular weight is 284 g/mol. The lowest BCUT2D eigenvalue weighted by Gasteiger charge is -2.09. The van der Waals surface area contributed by atoms with Crippen LogP contribution < -0.4 is 11.3 Å². The summed E-state index contributed by atoms with van der Waals surface area (Å²) in [5.74, 6) is 6.09. The fourth-order valence-corrected chi connectivity index (χ4v) is 2.28. The Bertz CT molecular complexity index is 479. The third-order valence-electron chi connectivity index (χ3n) is 2.41. The summed E-state index contributed by atoms with van der Waals surface area (Å²) < 4.78 is 0. The molecule has 1 amide bonds. The Labute approximate surface area is 115 Å². The number of benzene rings is 1. The van der Waals surface area contributed by atoms with Crippen LogP contribution in [0.5, 0.6) is 0 Å². The second kappa shape index (κ2) is 6.95. The Balaban J connectivity index is 2.67. The highest BCUT2D eigenvalue weighted by atomic mass is 32.2. The van der Waals surface area contributed by atoms with Crippen molar-refractivity contribution in [2.24, 2.45) is 5.84 Å². The zero-order valence-corrected chi connectivity index (χ0v) is 11.6. The van der Waals surface area contributed by atoms with Crippen molar-refractivity contribution in [1.29, 1.82) is 0 Å². The minimum absolute atomic E-state index is 0.0137. The third-order valence-corrected chi connectivity index (χ3v) is 3.40. The first-order valence-electron chi connectivity index (χ1n) is 5.47. The molecule has 0 saturated carbocycles. The van der Waals surface area contributed by atoms with E-state index < -0.39 is 4.92 Å². The fraction of sp³-hybridized carbons (Fsp3) is 0.364. The third kappa shape index (κ3) is 4.42. The number of hydrogen-bond acceptors (Lipinski definition) is 6. The van der Waals surface area contributed by atoms with Crippen molar-refractivity contribution in [2.45, 2.75) is 5.75 Å². The fourth-order valence-electron chi connectivity index (χ4n) is 1.33. The normalized spacial score (nSPS) is 10.1. The van der Waals surface area contributed by atoms with Crippen molar-refractivity contribution < 1.29 is 9.72 Å². The van der Waals surface area contributed by atoms with Gasteiger partial charge in [-0.15, -0.1) is 11.8 Å². The molecule has 0 saturated heterocycles. The van der Waals surface area contributed by atoms with Gasteiger partial charge in [0.1, 0.15) is 5.69 Å². The molecule has 0 fully saturated rings. The Hall–Kier alpha value is -1.80. The van der Waals surface area contributed by atoms with Crippen molar-refractivity contribution in [3.63, 3.8) is 0 Å². The maximum absolute atomic E-state index is 11.4. The smallest absolute Gasteiger partial charge is 0.293 e. The number of anilines is 1. The quantitative estimate of drug-likeness (QED) is 0.462. The Morgan fingerprint density at radius 3 is 2.74 bits per heavy atom. The van der Waals surface area contributed by atoms with Crippen LogP contribution >= 0.6 is 11.8 Å². The van der Waals surface area contributed by atoms with E-state index in [0.717, 1.165) is 5.56 Å². The molecule has 0 aliphatic heterocycles. The number of nitro groups is 1. The highest BCUT2D eigenvalue weighted by Gasteiger charge is 2.14. The maximum atomic E-state index is 11.4. The van der Waals surface area contributed by atoms with E-state index in [1.807, 2.05) is 0 Å². The lowest BCUT2D eigenvalue weighted by Crippen LogP contribution is -2.23. The molecule has 1 aromatic carbocycles. The summed E-state index contributed by atoms with van der Waals surface area (Å²) in [5.41, 5.74) is 3.26. The predicted molar refractivity (Wildman–Crippen MR) is 75.8 cm³/mol. The molecular formula is C11H16N4O3S. The van der Waals surface area contributed by atoms with Crippen LogP contribution in [-0.2, 0) is 10.5 Å². The lowest BCUT2D eigenvalue weighted by molar-refractivity contribution is -0.384. The highest BCUT2D eigenvalue weighted by molar-refractivity contribution is 7.99. The minimum Gasteiger partial charge on any atom is -0.348 e. The van der Waals surface area contributed by atoms with Crippen LogP contribution in [0, 0.1) is 10.1 Å². The number of rotatable bonds is 6. The Kier molecular flexibility index (Phi) is 5.58. The summed E-state index contributed by atoms with van der Waals surface area (Å²) in [5, 5.41) is 10.8. The monoisotopic (exact) mass is 284 g/mol. The molecule has 0 spiro atoms. The summed E-state index contributed by atoms with van der Waals surface area (Å²) in [4.78, 5) is 23.2. The molecule has 19 heavy (non-hydrogen) atoms. The predicted octanol–water partition coefficient (Wildman–Crippen LogP) is 1.20. The number of nitrogens with one attached hydrogen (secondary N) is 1.